The van der Waals surface area contributed by atoms with Gasteiger partial charge in [0.1, 0.15) is 23.0 Å². The quantitative estimate of drug-likeness (QED) is 0.588. The zero-order valence-electron chi connectivity index (χ0n) is 5.02. The van der Waals surface area contributed by atoms with Gasteiger partial charge in [-0.25, -0.2) is 4.79 Å². The van der Waals surface area contributed by atoms with Gasteiger partial charge in [0, 0.05) is 6.54 Å². The minimum atomic E-state index is -0.427. The van der Waals surface area contributed by atoms with Crippen LogP contribution in [0, 0.1) is 0 Å². The first kappa shape index (κ1) is 8.96. The van der Waals surface area contributed by atoms with Crippen LogP contribution in [0.4, 0.5) is 4.79 Å². The normalized spacial score (nSPS) is 8.67. The molecule has 0 aliphatic rings. The lowest BCUT2D eigenvalue weighted by Gasteiger charge is -1.99. The van der Waals surface area contributed by atoms with Crippen molar-refractivity contribution in [1.29, 1.82) is 0 Å². The van der Waals surface area contributed by atoms with Gasteiger partial charge in [-0.3, -0.25) is 0 Å². The first-order chi connectivity index (χ1) is 4.31. The molecule has 4 nitrogen and oxygen atoms in total. The number of ether oxygens (including phenoxy) is 1. The minimum Gasteiger partial charge on any atom is -0.453 e. The Morgan fingerprint density at radius 2 is 2.44 bits per heavy atom. The summed E-state index contributed by atoms with van der Waals surface area (Å²) in [5.41, 5.74) is 0. The van der Waals surface area contributed by atoms with E-state index >= 15 is 0 Å². The third-order valence-corrected chi connectivity index (χ3v) is 1.07. The molecule has 0 aliphatic heterocycles. The molecule has 0 atom stereocenters. The Hall–Kier alpha value is -0.0400. The van der Waals surface area contributed by atoms with Gasteiger partial charge < -0.3 is 13.1 Å². The SMILES string of the molecule is COC(=O)NCCOI. The van der Waals surface area contributed by atoms with E-state index in [1.165, 1.54) is 7.11 Å². The first-order valence-electron chi connectivity index (χ1n) is 2.36. The van der Waals surface area contributed by atoms with E-state index in [-0.39, 0.29) is 0 Å². The monoisotopic (exact) mass is 245 g/mol. The van der Waals surface area contributed by atoms with Crippen molar-refractivity contribution >= 4 is 29.1 Å². The van der Waals surface area contributed by atoms with Crippen molar-refractivity contribution in [3.63, 3.8) is 0 Å². The molecule has 9 heavy (non-hydrogen) atoms. The molecule has 0 saturated carbocycles. The number of nitrogens with one attached hydrogen (secondary N) is 1. The third kappa shape index (κ3) is 5.84. The summed E-state index contributed by atoms with van der Waals surface area (Å²) in [6.07, 6.45) is -0.427. The van der Waals surface area contributed by atoms with E-state index in [0.717, 1.165) is 0 Å². The van der Waals surface area contributed by atoms with Crippen LogP contribution < -0.4 is 5.32 Å². The van der Waals surface area contributed by atoms with Crippen LogP contribution in [-0.2, 0) is 7.80 Å². The predicted molar refractivity (Wildman–Crippen MR) is 40.4 cm³/mol. The van der Waals surface area contributed by atoms with E-state index < -0.39 is 6.09 Å². The Morgan fingerprint density at radius 1 is 1.78 bits per heavy atom. The van der Waals surface area contributed by atoms with Crippen LogP contribution in [-0.4, -0.2) is 26.4 Å². The molecule has 0 aromatic carbocycles. The number of amides is 1. The number of alkyl carbamates (subject to hydrolysis) is 1. The molecular weight excluding hydrogens is 237 g/mol. The highest BCUT2D eigenvalue weighted by Gasteiger charge is 1.93. The third-order valence-electron chi connectivity index (χ3n) is 0.634. The van der Waals surface area contributed by atoms with Crippen molar-refractivity contribution in [1.82, 2.24) is 5.32 Å². The van der Waals surface area contributed by atoms with Crippen molar-refractivity contribution in [2.45, 2.75) is 0 Å². The minimum absolute atomic E-state index is 0.427. The van der Waals surface area contributed by atoms with Crippen molar-refractivity contribution < 1.29 is 12.6 Å². The van der Waals surface area contributed by atoms with Gasteiger partial charge in [0.05, 0.1) is 13.7 Å². The number of hydrogen-bond donors (Lipinski definition) is 1. The van der Waals surface area contributed by atoms with E-state index in [2.05, 4.69) is 13.1 Å². The summed E-state index contributed by atoms with van der Waals surface area (Å²) in [6, 6.07) is 0. The largest absolute Gasteiger partial charge is 0.453 e. The van der Waals surface area contributed by atoms with E-state index in [9.17, 15) is 4.79 Å². The predicted octanol–water partition coefficient (Wildman–Crippen LogP) is 0.709. The van der Waals surface area contributed by atoms with Crippen LogP contribution in [0.1, 0.15) is 0 Å². The number of rotatable bonds is 3. The number of carbonyl (C=O) groups is 1. The fourth-order valence-corrected chi connectivity index (χ4v) is 0.484. The molecule has 0 aliphatic carbocycles. The van der Waals surface area contributed by atoms with Gasteiger partial charge in [-0.2, -0.15) is 0 Å². The lowest BCUT2D eigenvalue weighted by Crippen LogP contribution is -2.25. The number of halogens is 1. The smallest absolute Gasteiger partial charge is 0.406 e. The van der Waals surface area contributed by atoms with Crippen LogP contribution in [0.15, 0.2) is 0 Å². The molecule has 1 N–H and O–H groups in total. The summed E-state index contributed by atoms with van der Waals surface area (Å²) in [5, 5.41) is 2.44. The zero-order chi connectivity index (χ0) is 7.11. The fraction of sp³-hybridized carbons (Fsp3) is 0.750. The standard InChI is InChI=1S/C4H8INO3/c1-8-4(7)6-2-3-9-5/h2-3H2,1H3,(H,6,7). The van der Waals surface area contributed by atoms with Gasteiger partial charge in [-0.1, -0.05) is 0 Å². The number of methoxy groups -OCH3 is 1. The molecule has 1 amide bonds. The topological polar surface area (TPSA) is 47.6 Å². The van der Waals surface area contributed by atoms with Crippen molar-refractivity contribution in [3.8, 4) is 0 Å². The molecule has 54 valence electrons. The lowest BCUT2D eigenvalue weighted by molar-refractivity contribution is 0.169. The van der Waals surface area contributed by atoms with Gasteiger partial charge in [0.25, 0.3) is 0 Å². The molecule has 0 unspecified atom stereocenters. The van der Waals surface area contributed by atoms with E-state index in [1.807, 2.05) is 0 Å². The summed E-state index contributed by atoms with van der Waals surface area (Å²) in [5.74, 6) is 0. The second kappa shape index (κ2) is 6.09. The van der Waals surface area contributed by atoms with Gasteiger partial charge in [0.15, 0.2) is 0 Å². The van der Waals surface area contributed by atoms with Gasteiger partial charge >= 0.3 is 6.09 Å². The highest BCUT2D eigenvalue weighted by atomic mass is 127. The van der Waals surface area contributed by atoms with Gasteiger partial charge in [-0.05, 0) is 0 Å². The summed E-state index contributed by atoms with van der Waals surface area (Å²) in [6.45, 7) is 0.977. The molecule has 0 aromatic rings. The molecule has 0 bridgehead atoms. The molecule has 0 fully saturated rings. The lowest BCUT2D eigenvalue weighted by atomic mass is 10.7. The first-order valence-corrected chi connectivity index (χ1v) is 3.24. The molecule has 0 radical (unpaired) electrons. The molecule has 0 spiro atoms. The Balaban J connectivity index is 2.97. The Kier molecular flexibility index (Phi) is 6.06. The second-order valence-electron chi connectivity index (χ2n) is 1.23. The molecule has 0 aromatic heterocycles. The molecular formula is C4H8INO3. The Bertz CT molecular complexity index is 87.9. The van der Waals surface area contributed by atoms with Gasteiger partial charge in [0.2, 0.25) is 0 Å². The molecule has 0 heterocycles. The average Bonchev–Trinajstić information content (AvgIpc) is 1.89. The van der Waals surface area contributed by atoms with Crippen LogP contribution in [0.3, 0.4) is 0 Å². The van der Waals surface area contributed by atoms with Gasteiger partial charge in [-0.15, -0.1) is 0 Å². The van der Waals surface area contributed by atoms with Crippen molar-refractivity contribution in [2.75, 3.05) is 20.3 Å². The molecule has 5 heteroatoms. The van der Waals surface area contributed by atoms with Crippen molar-refractivity contribution in [3.05, 3.63) is 0 Å². The Labute approximate surface area is 67.6 Å². The van der Waals surface area contributed by atoms with E-state index in [0.29, 0.717) is 13.2 Å². The van der Waals surface area contributed by atoms with Crippen LogP contribution in [0.2, 0.25) is 0 Å². The fourth-order valence-electron chi connectivity index (χ4n) is 0.264. The zero-order valence-corrected chi connectivity index (χ0v) is 7.17. The maximum absolute atomic E-state index is 10.3. The molecule has 0 saturated heterocycles. The number of hydrogen-bond acceptors (Lipinski definition) is 3. The maximum Gasteiger partial charge on any atom is 0.406 e. The highest BCUT2D eigenvalue weighted by Crippen LogP contribution is 1.81. The summed E-state index contributed by atoms with van der Waals surface area (Å²) in [4.78, 5) is 10.3. The van der Waals surface area contributed by atoms with E-state index in [4.69, 9.17) is 0 Å². The van der Waals surface area contributed by atoms with Crippen molar-refractivity contribution in [2.24, 2.45) is 0 Å². The second-order valence-corrected chi connectivity index (χ2v) is 1.85. The van der Waals surface area contributed by atoms with Crippen LogP contribution >= 0.6 is 23.0 Å². The summed E-state index contributed by atoms with van der Waals surface area (Å²) < 4.78 is 8.93. The Morgan fingerprint density at radius 3 is 2.89 bits per heavy atom. The number of carbonyl (C=O) groups excluding carboxylic acids is 1. The average molecular weight is 245 g/mol. The van der Waals surface area contributed by atoms with Crippen LogP contribution in [0.5, 0.6) is 0 Å². The van der Waals surface area contributed by atoms with Crippen LogP contribution in [0.25, 0.3) is 0 Å². The molecule has 0 rings (SSSR count). The maximum atomic E-state index is 10.3. The summed E-state index contributed by atoms with van der Waals surface area (Å²) in [7, 11) is 1.32. The highest BCUT2D eigenvalue weighted by molar-refractivity contribution is 14.1. The van der Waals surface area contributed by atoms with E-state index in [1.54, 1.807) is 23.0 Å². The summed E-state index contributed by atoms with van der Waals surface area (Å²) >= 11 is 1.75.